The fourth-order valence-electron chi connectivity index (χ4n) is 3.92. The highest BCUT2D eigenvalue weighted by Gasteiger charge is 2.51. The van der Waals surface area contributed by atoms with Crippen LogP contribution in [0.3, 0.4) is 0 Å². The fourth-order valence-corrected chi connectivity index (χ4v) is 3.92. The summed E-state index contributed by atoms with van der Waals surface area (Å²) in [5.41, 5.74) is 2.85. The molecule has 1 amide bonds. The number of carbonyl (C=O) groups is 1. The molecule has 1 atom stereocenters. The van der Waals surface area contributed by atoms with Gasteiger partial charge in [-0.05, 0) is 50.3 Å². The number of hydrogen-bond donors (Lipinski definition) is 1. The number of hydrogen-bond acceptors (Lipinski definition) is 3. The van der Waals surface area contributed by atoms with Crippen LogP contribution in [0.15, 0.2) is 24.4 Å². The van der Waals surface area contributed by atoms with Crippen LogP contribution in [-0.4, -0.2) is 28.6 Å². The molecular formula is C20H25N3O2. The van der Waals surface area contributed by atoms with Crippen LogP contribution in [0.5, 0.6) is 5.75 Å². The van der Waals surface area contributed by atoms with E-state index in [0.29, 0.717) is 0 Å². The molecule has 1 aliphatic carbocycles. The van der Waals surface area contributed by atoms with Crippen LogP contribution in [0, 0.1) is 13.8 Å². The SMILES string of the molecule is COc1cc(C2(C(=O)NC3CCc4nc(C)cn4C3)CC2)ccc1C. The van der Waals surface area contributed by atoms with Crippen molar-refractivity contribution >= 4 is 5.91 Å². The Balaban J connectivity index is 1.50. The molecule has 0 saturated heterocycles. The predicted octanol–water partition coefficient (Wildman–Crippen LogP) is 2.67. The molecule has 2 heterocycles. The molecule has 0 spiro atoms. The molecule has 1 unspecified atom stereocenters. The topological polar surface area (TPSA) is 56.1 Å². The lowest BCUT2D eigenvalue weighted by molar-refractivity contribution is -0.124. The minimum absolute atomic E-state index is 0.156. The molecule has 0 bridgehead atoms. The molecule has 4 rings (SSSR count). The Bertz CT molecular complexity index is 820. The molecule has 1 aromatic carbocycles. The normalized spacial score (nSPS) is 20.7. The molecule has 132 valence electrons. The van der Waals surface area contributed by atoms with E-state index in [2.05, 4.69) is 27.1 Å². The summed E-state index contributed by atoms with van der Waals surface area (Å²) < 4.78 is 7.62. The highest BCUT2D eigenvalue weighted by atomic mass is 16.5. The maximum Gasteiger partial charge on any atom is 0.230 e. The largest absolute Gasteiger partial charge is 0.496 e. The summed E-state index contributed by atoms with van der Waals surface area (Å²) in [4.78, 5) is 17.6. The van der Waals surface area contributed by atoms with E-state index in [4.69, 9.17) is 4.74 Å². The first-order valence-electron chi connectivity index (χ1n) is 9.00. The molecule has 5 heteroatoms. The van der Waals surface area contributed by atoms with Gasteiger partial charge in [0, 0.05) is 25.2 Å². The Labute approximate surface area is 148 Å². The summed E-state index contributed by atoms with van der Waals surface area (Å²) in [5, 5.41) is 3.29. The number of amides is 1. The van der Waals surface area contributed by atoms with Crippen molar-refractivity contribution in [2.75, 3.05) is 7.11 Å². The van der Waals surface area contributed by atoms with E-state index in [9.17, 15) is 4.79 Å². The highest BCUT2D eigenvalue weighted by Crippen LogP contribution is 2.49. The number of carbonyl (C=O) groups excluding carboxylic acids is 1. The number of rotatable bonds is 4. The smallest absolute Gasteiger partial charge is 0.230 e. The molecule has 5 nitrogen and oxygen atoms in total. The van der Waals surface area contributed by atoms with Crippen LogP contribution in [-0.2, 0) is 23.2 Å². The first kappa shape index (κ1) is 16.2. The zero-order valence-corrected chi connectivity index (χ0v) is 15.1. The lowest BCUT2D eigenvalue weighted by Crippen LogP contribution is -2.45. The minimum Gasteiger partial charge on any atom is -0.496 e. The number of aryl methyl sites for hydroxylation is 3. The summed E-state index contributed by atoms with van der Waals surface area (Å²) in [6.45, 7) is 4.85. The number of methoxy groups -OCH3 is 1. The summed E-state index contributed by atoms with van der Waals surface area (Å²) in [6.07, 6.45) is 5.77. The third kappa shape index (κ3) is 2.81. The van der Waals surface area contributed by atoms with E-state index in [1.807, 2.05) is 26.0 Å². The Morgan fingerprint density at radius 1 is 1.36 bits per heavy atom. The second kappa shape index (κ2) is 5.90. The van der Waals surface area contributed by atoms with E-state index in [1.165, 1.54) is 0 Å². The minimum atomic E-state index is -0.369. The molecule has 2 aliphatic rings. The number of aromatic nitrogens is 2. The second-order valence-electron chi connectivity index (χ2n) is 7.43. The van der Waals surface area contributed by atoms with Crippen LogP contribution in [0.2, 0.25) is 0 Å². The Morgan fingerprint density at radius 3 is 2.88 bits per heavy atom. The lowest BCUT2D eigenvalue weighted by atomic mass is 9.93. The molecule has 1 fully saturated rings. The second-order valence-corrected chi connectivity index (χ2v) is 7.43. The van der Waals surface area contributed by atoms with Crippen LogP contribution < -0.4 is 10.1 Å². The van der Waals surface area contributed by atoms with Crippen molar-refractivity contribution in [3.8, 4) is 5.75 Å². The standard InChI is InChI=1S/C20H25N3O2/c1-13-4-5-15(10-17(13)25-3)20(8-9-20)19(24)22-16-6-7-18-21-14(2)11-23(18)12-16/h4-5,10-11,16H,6-9,12H2,1-3H3,(H,22,24). The van der Waals surface area contributed by atoms with Gasteiger partial charge in [0.25, 0.3) is 0 Å². The molecule has 0 radical (unpaired) electrons. The molecule has 2 aromatic rings. The zero-order valence-electron chi connectivity index (χ0n) is 15.1. The highest BCUT2D eigenvalue weighted by molar-refractivity contribution is 5.91. The maximum atomic E-state index is 13.0. The van der Waals surface area contributed by atoms with Gasteiger partial charge in [-0.25, -0.2) is 4.98 Å². The van der Waals surface area contributed by atoms with E-state index < -0.39 is 0 Å². The molecule has 25 heavy (non-hydrogen) atoms. The van der Waals surface area contributed by atoms with Crippen molar-refractivity contribution in [1.82, 2.24) is 14.9 Å². The van der Waals surface area contributed by atoms with Crippen molar-refractivity contribution < 1.29 is 9.53 Å². The van der Waals surface area contributed by atoms with Gasteiger partial charge < -0.3 is 14.6 Å². The Hall–Kier alpha value is -2.30. The van der Waals surface area contributed by atoms with Gasteiger partial charge in [-0.3, -0.25) is 4.79 Å². The van der Waals surface area contributed by atoms with Gasteiger partial charge >= 0.3 is 0 Å². The van der Waals surface area contributed by atoms with Gasteiger partial charge in [-0.1, -0.05) is 12.1 Å². The van der Waals surface area contributed by atoms with E-state index in [-0.39, 0.29) is 17.4 Å². The average Bonchev–Trinajstić information content (AvgIpc) is 3.32. The van der Waals surface area contributed by atoms with Gasteiger partial charge in [0.15, 0.2) is 0 Å². The maximum absolute atomic E-state index is 13.0. The van der Waals surface area contributed by atoms with E-state index in [1.54, 1.807) is 7.11 Å². The quantitative estimate of drug-likeness (QED) is 0.932. The van der Waals surface area contributed by atoms with Crippen LogP contribution in [0.4, 0.5) is 0 Å². The summed E-state index contributed by atoms with van der Waals surface area (Å²) in [5.74, 6) is 2.14. The fraction of sp³-hybridized carbons (Fsp3) is 0.500. The van der Waals surface area contributed by atoms with Crippen molar-refractivity contribution in [3.05, 3.63) is 47.0 Å². The van der Waals surface area contributed by atoms with E-state index in [0.717, 1.165) is 60.6 Å². The number of nitrogens with zero attached hydrogens (tertiary/aromatic N) is 2. The molecule has 1 N–H and O–H groups in total. The Kier molecular flexibility index (Phi) is 3.82. The third-order valence-corrected chi connectivity index (χ3v) is 5.59. The van der Waals surface area contributed by atoms with Crippen LogP contribution in [0.25, 0.3) is 0 Å². The third-order valence-electron chi connectivity index (χ3n) is 5.59. The summed E-state index contributed by atoms with van der Waals surface area (Å²) >= 11 is 0. The summed E-state index contributed by atoms with van der Waals surface area (Å²) in [7, 11) is 1.68. The molecular weight excluding hydrogens is 314 g/mol. The number of benzene rings is 1. The molecule has 1 aliphatic heterocycles. The van der Waals surface area contributed by atoms with Gasteiger partial charge in [-0.2, -0.15) is 0 Å². The van der Waals surface area contributed by atoms with Crippen molar-refractivity contribution in [2.24, 2.45) is 0 Å². The van der Waals surface area contributed by atoms with Gasteiger partial charge in [0.2, 0.25) is 5.91 Å². The van der Waals surface area contributed by atoms with Crippen LogP contribution >= 0.6 is 0 Å². The van der Waals surface area contributed by atoms with Gasteiger partial charge in [0.05, 0.1) is 18.2 Å². The monoisotopic (exact) mass is 339 g/mol. The van der Waals surface area contributed by atoms with Crippen molar-refractivity contribution in [2.45, 2.75) is 57.5 Å². The predicted molar refractivity (Wildman–Crippen MR) is 95.9 cm³/mol. The number of fused-ring (bicyclic) bond motifs is 1. The van der Waals surface area contributed by atoms with Gasteiger partial charge in [-0.15, -0.1) is 0 Å². The average molecular weight is 339 g/mol. The van der Waals surface area contributed by atoms with E-state index >= 15 is 0 Å². The van der Waals surface area contributed by atoms with Gasteiger partial charge in [0.1, 0.15) is 11.6 Å². The summed E-state index contributed by atoms with van der Waals surface area (Å²) in [6, 6.07) is 6.32. The lowest BCUT2D eigenvalue weighted by Gasteiger charge is -2.27. The number of nitrogens with one attached hydrogen (secondary N) is 1. The number of imidazole rings is 1. The van der Waals surface area contributed by atoms with Crippen molar-refractivity contribution in [1.29, 1.82) is 0 Å². The molecule has 1 aromatic heterocycles. The first-order valence-corrected chi connectivity index (χ1v) is 9.00. The molecule has 1 saturated carbocycles. The van der Waals surface area contributed by atoms with Crippen LogP contribution in [0.1, 0.15) is 41.9 Å². The Morgan fingerprint density at radius 2 is 2.16 bits per heavy atom. The number of ether oxygens (including phenoxy) is 1. The van der Waals surface area contributed by atoms with Crippen molar-refractivity contribution in [3.63, 3.8) is 0 Å². The zero-order chi connectivity index (χ0) is 17.6. The first-order chi connectivity index (χ1) is 12.0.